The Kier molecular flexibility index (Phi) is 11.3. The minimum atomic E-state index is -0.920. The van der Waals surface area contributed by atoms with Crippen LogP contribution in [0.2, 0.25) is 0 Å². The van der Waals surface area contributed by atoms with Gasteiger partial charge in [-0.25, -0.2) is 23.5 Å². The van der Waals surface area contributed by atoms with E-state index in [4.69, 9.17) is 29.2 Å². The van der Waals surface area contributed by atoms with Crippen LogP contribution in [0.4, 0.5) is 8.78 Å². The number of benzene rings is 3. The molecule has 13 heteroatoms. The highest BCUT2D eigenvalue weighted by Gasteiger charge is 2.23. The SMILES string of the molecule is COCCNC(=O)[C@@H](Cn1c(Cc2ccc(-c3cccc(OCc4ccc(C#N)cc4F)n3)cc2F)nc2ccc(C(=O)OC)cc21)OC. The van der Waals surface area contributed by atoms with E-state index in [1.54, 1.807) is 53.1 Å². The molecule has 49 heavy (non-hydrogen) atoms. The molecule has 1 N–H and O–H groups in total. The second-order valence-corrected chi connectivity index (χ2v) is 10.9. The second-order valence-electron chi connectivity index (χ2n) is 10.9. The number of carbonyl (C=O) groups excluding carboxylic acids is 2. The van der Waals surface area contributed by atoms with Crippen molar-refractivity contribution in [3.8, 4) is 23.2 Å². The average Bonchev–Trinajstić information content (AvgIpc) is 3.46. The third-order valence-corrected chi connectivity index (χ3v) is 7.76. The summed E-state index contributed by atoms with van der Waals surface area (Å²) in [7, 11) is 4.22. The first-order valence-electron chi connectivity index (χ1n) is 15.2. The number of hydrogen-bond acceptors (Lipinski definition) is 9. The fourth-order valence-electron chi connectivity index (χ4n) is 5.14. The van der Waals surface area contributed by atoms with Crippen molar-refractivity contribution in [1.82, 2.24) is 19.9 Å². The Morgan fingerprint density at radius 2 is 1.76 bits per heavy atom. The number of amides is 1. The molecule has 5 aromatic rings. The molecule has 2 aromatic heterocycles. The first kappa shape index (κ1) is 34.6. The molecule has 11 nitrogen and oxygen atoms in total. The van der Waals surface area contributed by atoms with E-state index < -0.39 is 23.7 Å². The summed E-state index contributed by atoms with van der Waals surface area (Å²) in [4.78, 5) is 34.4. The molecular formula is C36H33F2N5O6. The third kappa shape index (κ3) is 8.24. The number of nitriles is 1. The van der Waals surface area contributed by atoms with Crippen LogP contribution in [0.5, 0.6) is 5.88 Å². The van der Waals surface area contributed by atoms with Crippen molar-refractivity contribution < 1.29 is 37.3 Å². The van der Waals surface area contributed by atoms with E-state index >= 15 is 4.39 Å². The normalized spacial score (nSPS) is 11.6. The predicted octanol–water partition coefficient (Wildman–Crippen LogP) is 4.98. The van der Waals surface area contributed by atoms with Gasteiger partial charge in [0.25, 0.3) is 5.91 Å². The molecule has 0 unspecified atom stereocenters. The highest BCUT2D eigenvalue weighted by atomic mass is 19.1. The summed E-state index contributed by atoms with van der Waals surface area (Å²) in [5, 5.41) is 11.7. The zero-order chi connectivity index (χ0) is 34.9. The van der Waals surface area contributed by atoms with E-state index in [9.17, 15) is 14.0 Å². The zero-order valence-electron chi connectivity index (χ0n) is 27.0. The van der Waals surface area contributed by atoms with Gasteiger partial charge in [-0.1, -0.05) is 24.3 Å². The van der Waals surface area contributed by atoms with Crippen LogP contribution in [0.1, 0.15) is 32.9 Å². The van der Waals surface area contributed by atoms with Crippen LogP contribution in [-0.2, 0) is 38.6 Å². The third-order valence-electron chi connectivity index (χ3n) is 7.76. The van der Waals surface area contributed by atoms with Crippen LogP contribution in [-0.4, -0.2) is 67.0 Å². The van der Waals surface area contributed by atoms with Gasteiger partial charge in [-0.2, -0.15) is 5.26 Å². The number of methoxy groups -OCH3 is 3. The molecule has 0 radical (unpaired) electrons. The van der Waals surface area contributed by atoms with E-state index in [1.165, 1.54) is 39.5 Å². The topological polar surface area (TPSA) is 138 Å². The van der Waals surface area contributed by atoms with Crippen molar-refractivity contribution >= 4 is 22.9 Å². The van der Waals surface area contributed by atoms with Crippen molar-refractivity contribution in [1.29, 1.82) is 5.26 Å². The number of esters is 1. The molecular weight excluding hydrogens is 636 g/mol. The number of pyridine rings is 1. The first-order valence-corrected chi connectivity index (χ1v) is 15.2. The maximum absolute atomic E-state index is 15.7. The molecule has 1 atom stereocenters. The quantitative estimate of drug-likeness (QED) is 0.128. The van der Waals surface area contributed by atoms with Gasteiger partial charge >= 0.3 is 5.97 Å². The van der Waals surface area contributed by atoms with E-state index in [2.05, 4.69) is 10.3 Å². The van der Waals surface area contributed by atoms with E-state index in [1.807, 2.05) is 6.07 Å². The molecule has 0 spiro atoms. The number of rotatable bonds is 14. The van der Waals surface area contributed by atoms with Crippen molar-refractivity contribution in [2.75, 3.05) is 34.5 Å². The number of halogens is 2. The second kappa shape index (κ2) is 15.9. The lowest BCUT2D eigenvalue weighted by Gasteiger charge is -2.18. The molecule has 0 saturated heterocycles. The lowest BCUT2D eigenvalue weighted by molar-refractivity contribution is -0.131. The van der Waals surface area contributed by atoms with Gasteiger partial charge in [0.05, 0.1) is 54.2 Å². The highest BCUT2D eigenvalue weighted by molar-refractivity contribution is 5.94. The number of nitrogens with one attached hydrogen (secondary N) is 1. The number of hydrogen-bond donors (Lipinski definition) is 1. The zero-order valence-corrected chi connectivity index (χ0v) is 27.0. The fourth-order valence-corrected chi connectivity index (χ4v) is 5.14. The van der Waals surface area contributed by atoms with Crippen LogP contribution < -0.4 is 10.1 Å². The molecule has 0 aliphatic carbocycles. The van der Waals surface area contributed by atoms with Gasteiger partial charge in [0, 0.05) is 44.4 Å². The molecule has 2 heterocycles. The maximum atomic E-state index is 15.7. The van der Waals surface area contributed by atoms with Crippen LogP contribution in [0.25, 0.3) is 22.3 Å². The number of nitrogens with zero attached hydrogens (tertiary/aromatic N) is 4. The summed E-state index contributed by atoms with van der Waals surface area (Å²) >= 11 is 0. The lowest BCUT2D eigenvalue weighted by atomic mass is 10.1. The number of carbonyl (C=O) groups is 2. The largest absolute Gasteiger partial charge is 0.473 e. The number of imidazole rings is 1. The van der Waals surface area contributed by atoms with Gasteiger partial charge in [-0.05, 0) is 48.0 Å². The van der Waals surface area contributed by atoms with Gasteiger partial charge in [0.15, 0.2) is 6.10 Å². The summed E-state index contributed by atoms with van der Waals surface area (Å²) in [6, 6.07) is 20.6. The van der Waals surface area contributed by atoms with Crippen LogP contribution in [0.15, 0.2) is 72.8 Å². The smallest absolute Gasteiger partial charge is 0.337 e. The van der Waals surface area contributed by atoms with Gasteiger partial charge < -0.3 is 28.8 Å². The summed E-state index contributed by atoms with van der Waals surface area (Å²) in [6.07, 6.45) is -0.862. The van der Waals surface area contributed by atoms with Crippen molar-refractivity contribution in [2.45, 2.75) is 25.7 Å². The van der Waals surface area contributed by atoms with Gasteiger partial charge in [0.2, 0.25) is 5.88 Å². The Bertz CT molecular complexity index is 2030. The van der Waals surface area contributed by atoms with E-state index in [-0.39, 0.29) is 54.6 Å². The van der Waals surface area contributed by atoms with Crippen LogP contribution >= 0.6 is 0 Å². The molecule has 5 rings (SSSR count). The van der Waals surface area contributed by atoms with Gasteiger partial charge in [0.1, 0.15) is 24.1 Å². The number of ether oxygens (including phenoxy) is 4. The predicted molar refractivity (Wildman–Crippen MR) is 175 cm³/mol. The molecule has 252 valence electrons. The Hall–Kier alpha value is -5.71. The number of aromatic nitrogens is 3. The maximum Gasteiger partial charge on any atom is 0.337 e. The van der Waals surface area contributed by atoms with Crippen LogP contribution in [0.3, 0.4) is 0 Å². The molecule has 0 aliphatic rings. The van der Waals surface area contributed by atoms with Crippen molar-refractivity contribution in [2.24, 2.45) is 0 Å². The Balaban J connectivity index is 1.40. The Morgan fingerprint density at radius 1 is 0.959 bits per heavy atom. The average molecular weight is 670 g/mol. The molecule has 0 aliphatic heterocycles. The molecule has 0 saturated carbocycles. The van der Waals surface area contributed by atoms with E-state index in [0.29, 0.717) is 40.3 Å². The van der Waals surface area contributed by atoms with Crippen molar-refractivity contribution in [3.05, 3.63) is 113 Å². The monoisotopic (exact) mass is 669 g/mol. The van der Waals surface area contributed by atoms with Crippen LogP contribution in [0, 0.1) is 23.0 Å². The fraction of sp³-hybridized carbons (Fsp3) is 0.250. The minimum absolute atomic E-state index is 0.0363. The summed E-state index contributed by atoms with van der Waals surface area (Å²) in [5.41, 5.74) is 3.09. The summed E-state index contributed by atoms with van der Waals surface area (Å²) in [5.74, 6) is -1.33. The molecule has 1 amide bonds. The van der Waals surface area contributed by atoms with E-state index in [0.717, 1.165) is 6.07 Å². The minimum Gasteiger partial charge on any atom is -0.473 e. The standard InChI is InChI=1S/C36H33F2N5O6/c1-46-14-13-40-35(44)32(47-2)20-43-31-17-25(36(45)48-3)11-12-30(31)41-33(43)18-23-9-10-24(16-28(23)38)29-5-4-6-34(42-29)49-21-26-8-7-22(19-39)15-27(26)37/h4-12,15-17,32H,13-14,18,20-21H2,1-3H3,(H,40,44)/t32-/m1/s1. The molecule has 3 aromatic carbocycles. The first-order chi connectivity index (χ1) is 23.7. The number of fused-ring (bicyclic) bond motifs is 1. The highest BCUT2D eigenvalue weighted by Crippen LogP contribution is 2.26. The lowest BCUT2D eigenvalue weighted by Crippen LogP contribution is -2.40. The molecule has 0 fully saturated rings. The summed E-state index contributed by atoms with van der Waals surface area (Å²) in [6.45, 7) is 0.539. The Morgan fingerprint density at radius 3 is 2.47 bits per heavy atom. The van der Waals surface area contributed by atoms with Gasteiger partial charge in [-0.15, -0.1) is 0 Å². The molecule has 0 bridgehead atoms. The Labute approximate surface area is 281 Å². The van der Waals surface area contributed by atoms with Crippen molar-refractivity contribution in [3.63, 3.8) is 0 Å². The summed E-state index contributed by atoms with van der Waals surface area (Å²) < 4.78 is 52.8. The van der Waals surface area contributed by atoms with Gasteiger partial charge in [-0.3, -0.25) is 4.79 Å².